The summed E-state index contributed by atoms with van der Waals surface area (Å²) in [5.41, 5.74) is 2.43. The molecule has 0 atom stereocenters. The van der Waals surface area contributed by atoms with Crippen LogP contribution in [0.5, 0.6) is 0 Å². The predicted molar refractivity (Wildman–Crippen MR) is 86.2 cm³/mol. The molecule has 21 heavy (non-hydrogen) atoms. The van der Waals surface area contributed by atoms with E-state index < -0.39 is 0 Å². The average Bonchev–Trinajstić information content (AvgIpc) is 2.51. The minimum atomic E-state index is 0.815. The van der Waals surface area contributed by atoms with Gasteiger partial charge in [-0.05, 0) is 34.5 Å². The predicted octanol–water partition coefficient (Wildman–Crippen LogP) is 2.26. The van der Waals surface area contributed by atoms with Crippen molar-refractivity contribution < 1.29 is 0 Å². The number of piperazine rings is 1. The maximum atomic E-state index is 4.36. The van der Waals surface area contributed by atoms with Crippen LogP contribution in [0.4, 0.5) is 5.95 Å². The van der Waals surface area contributed by atoms with Crippen LogP contribution in [0.3, 0.4) is 0 Å². The molecule has 0 spiro atoms. The molecule has 1 saturated heterocycles. The number of aryl methyl sites for hydroxylation is 1. The highest BCUT2D eigenvalue weighted by atomic mass is 79.9. The van der Waals surface area contributed by atoms with Crippen molar-refractivity contribution in [3.8, 4) is 0 Å². The molecule has 2 aromatic heterocycles. The van der Waals surface area contributed by atoms with E-state index in [1.807, 2.05) is 12.3 Å². The minimum Gasteiger partial charge on any atom is -0.338 e. The molecule has 3 heterocycles. The largest absolute Gasteiger partial charge is 0.338 e. The van der Waals surface area contributed by atoms with Crippen LogP contribution in [0.2, 0.25) is 0 Å². The number of nitrogens with zero attached hydrogens (tertiary/aromatic N) is 5. The molecule has 5 nitrogen and oxygen atoms in total. The highest BCUT2D eigenvalue weighted by molar-refractivity contribution is 9.10. The lowest BCUT2D eigenvalue weighted by molar-refractivity contribution is 0.248. The number of halogens is 1. The zero-order valence-electron chi connectivity index (χ0n) is 12.0. The molecule has 1 aliphatic heterocycles. The Labute approximate surface area is 133 Å². The monoisotopic (exact) mass is 347 g/mol. The first-order chi connectivity index (χ1) is 10.2. The van der Waals surface area contributed by atoms with Crippen LogP contribution < -0.4 is 4.90 Å². The van der Waals surface area contributed by atoms with Gasteiger partial charge in [-0.3, -0.25) is 9.88 Å². The van der Waals surface area contributed by atoms with Crippen LogP contribution in [-0.2, 0) is 6.54 Å². The second kappa shape index (κ2) is 6.49. The number of pyridine rings is 1. The Morgan fingerprint density at radius 1 is 1.10 bits per heavy atom. The molecule has 0 aromatic carbocycles. The minimum absolute atomic E-state index is 0.815. The summed E-state index contributed by atoms with van der Waals surface area (Å²) in [4.78, 5) is 17.8. The number of rotatable bonds is 3. The smallest absolute Gasteiger partial charge is 0.225 e. The molecule has 6 heteroatoms. The normalized spacial score (nSPS) is 16.2. The van der Waals surface area contributed by atoms with Crippen molar-refractivity contribution in [2.45, 2.75) is 13.5 Å². The van der Waals surface area contributed by atoms with Gasteiger partial charge in [0.2, 0.25) is 5.95 Å². The summed E-state index contributed by atoms with van der Waals surface area (Å²) in [5, 5.41) is 0. The standard InChI is InChI=1S/C15H18BrN5/c1-12-13(3-2-4-17-12)11-20-5-7-21(8-6-20)15-18-9-14(16)10-19-15/h2-4,9-10H,5-8,11H2,1H3. The molecular formula is C15H18BrN5. The number of aromatic nitrogens is 3. The summed E-state index contributed by atoms with van der Waals surface area (Å²) >= 11 is 3.37. The molecule has 0 saturated carbocycles. The highest BCUT2D eigenvalue weighted by Gasteiger charge is 2.19. The summed E-state index contributed by atoms with van der Waals surface area (Å²) in [5.74, 6) is 0.815. The van der Waals surface area contributed by atoms with Gasteiger partial charge in [0.15, 0.2) is 0 Å². The quantitative estimate of drug-likeness (QED) is 0.852. The van der Waals surface area contributed by atoms with Crippen LogP contribution in [-0.4, -0.2) is 46.0 Å². The van der Waals surface area contributed by atoms with Crippen molar-refractivity contribution in [3.05, 3.63) is 46.5 Å². The van der Waals surface area contributed by atoms with Gasteiger partial charge in [0.05, 0.1) is 4.47 Å². The van der Waals surface area contributed by atoms with E-state index in [-0.39, 0.29) is 0 Å². The van der Waals surface area contributed by atoms with Gasteiger partial charge in [-0.25, -0.2) is 9.97 Å². The number of hydrogen-bond acceptors (Lipinski definition) is 5. The van der Waals surface area contributed by atoms with Gasteiger partial charge in [-0.2, -0.15) is 0 Å². The van der Waals surface area contributed by atoms with Gasteiger partial charge in [0.25, 0.3) is 0 Å². The molecule has 3 rings (SSSR count). The first kappa shape index (κ1) is 14.4. The van der Waals surface area contributed by atoms with Crippen LogP contribution in [0.1, 0.15) is 11.3 Å². The van der Waals surface area contributed by atoms with Crippen molar-refractivity contribution in [3.63, 3.8) is 0 Å². The molecule has 2 aromatic rings. The average molecular weight is 348 g/mol. The fourth-order valence-electron chi connectivity index (χ4n) is 2.50. The lowest BCUT2D eigenvalue weighted by atomic mass is 10.2. The zero-order chi connectivity index (χ0) is 14.7. The molecule has 0 bridgehead atoms. The molecule has 0 amide bonds. The Morgan fingerprint density at radius 2 is 1.81 bits per heavy atom. The van der Waals surface area contributed by atoms with Crippen molar-refractivity contribution in [1.82, 2.24) is 19.9 Å². The third-order valence-electron chi connectivity index (χ3n) is 3.77. The zero-order valence-corrected chi connectivity index (χ0v) is 13.6. The summed E-state index contributed by atoms with van der Waals surface area (Å²) in [6.07, 6.45) is 5.45. The SMILES string of the molecule is Cc1ncccc1CN1CCN(c2ncc(Br)cn2)CC1. The Morgan fingerprint density at radius 3 is 2.48 bits per heavy atom. The Hall–Kier alpha value is -1.53. The van der Waals surface area contributed by atoms with Crippen LogP contribution in [0.15, 0.2) is 35.2 Å². The Balaban J connectivity index is 1.58. The van der Waals surface area contributed by atoms with Gasteiger partial charge >= 0.3 is 0 Å². The number of hydrogen-bond donors (Lipinski definition) is 0. The second-order valence-corrected chi connectivity index (χ2v) is 6.13. The van der Waals surface area contributed by atoms with Crippen molar-refractivity contribution in [2.24, 2.45) is 0 Å². The molecule has 110 valence electrons. The van der Waals surface area contributed by atoms with Crippen LogP contribution in [0, 0.1) is 6.92 Å². The number of anilines is 1. The van der Waals surface area contributed by atoms with Crippen molar-refractivity contribution >= 4 is 21.9 Å². The molecule has 1 aliphatic rings. The van der Waals surface area contributed by atoms with E-state index in [0.717, 1.165) is 48.8 Å². The summed E-state index contributed by atoms with van der Waals surface area (Å²) < 4.78 is 0.914. The third-order valence-corrected chi connectivity index (χ3v) is 4.18. The summed E-state index contributed by atoms with van der Waals surface area (Å²) in [7, 11) is 0. The van der Waals surface area contributed by atoms with Crippen molar-refractivity contribution in [2.75, 3.05) is 31.1 Å². The van der Waals surface area contributed by atoms with E-state index in [1.54, 1.807) is 12.4 Å². The van der Waals surface area contributed by atoms with E-state index in [4.69, 9.17) is 0 Å². The fraction of sp³-hybridized carbons (Fsp3) is 0.400. The van der Waals surface area contributed by atoms with Gasteiger partial charge in [-0.1, -0.05) is 6.07 Å². The Kier molecular flexibility index (Phi) is 4.45. The molecule has 0 unspecified atom stereocenters. The summed E-state index contributed by atoms with van der Waals surface area (Å²) in [6, 6.07) is 4.17. The van der Waals surface area contributed by atoms with E-state index in [1.165, 1.54) is 5.56 Å². The summed E-state index contributed by atoms with van der Waals surface area (Å²) in [6.45, 7) is 7.00. The highest BCUT2D eigenvalue weighted by Crippen LogP contribution is 2.15. The van der Waals surface area contributed by atoms with Gasteiger partial charge in [0.1, 0.15) is 0 Å². The van der Waals surface area contributed by atoms with Crippen LogP contribution >= 0.6 is 15.9 Å². The fourth-order valence-corrected chi connectivity index (χ4v) is 2.71. The molecule has 1 fully saturated rings. The first-order valence-corrected chi connectivity index (χ1v) is 7.87. The maximum Gasteiger partial charge on any atom is 0.225 e. The lowest BCUT2D eigenvalue weighted by Gasteiger charge is -2.34. The van der Waals surface area contributed by atoms with E-state index >= 15 is 0 Å². The third kappa shape index (κ3) is 3.57. The van der Waals surface area contributed by atoms with E-state index in [2.05, 4.69) is 53.7 Å². The topological polar surface area (TPSA) is 45.2 Å². The second-order valence-electron chi connectivity index (χ2n) is 5.21. The van der Waals surface area contributed by atoms with Gasteiger partial charge in [0, 0.05) is 57.0 Å². The molecule has 0 radical (unpaired) electrons. The molecule has 0 N–H and O–H groups in total. The molecule has 0 aliphatic carbocycles. The molecular weight excluding hydrogens is 330 g/mol. The lowest BCUT2D eigenvalue weighted by Crippen LogP contribution is -2.46. The van der Waals surface area contributed by atoms with E-state index in [0.29, 0.717) is 0 Å². The maximum absolute atomic E-state index is 4.36. The van der Waals surface area contributed by atoms with Gasteiger partial charge in [-0.15, -0.1) is 0 Å². The van der Waals surface area contributed by atoms with Crippen molar-refractivity contribution in [1.29, 1.82) is 0 Å². The Bertz CT molecular complexity index is 593. The van der Waals surface area contributed by atoms with Crippen LogP contribution in [0.25, 0.3) is 0 Å². The first-order valence-electron chi connectivity index (χ1n) is 7.08. The van der Waals surface area contributed by atoms with Gasteiger partial charge < -0.3 is 4.90 Å². The van der Waals surface area contributed by atoms with E-state index in [9.17, 15) is 0 Å².